The summed E-state index contributed by atoms with van der Waals surface area (Å²) in [5.74, 6) is 0.339. The fourth-order valence-electron chi connectivity index (χ4n) is 1.64. The summed E-state index contributed by atoms with van der Waals surface area (Å²) in [5.41, 5.74) is 1.85. The summed E-state index contributed by atoms with van der Waals surface area (Å²) in [6.07, 6.45) is 4.25. The summed E-state index contributed by atoms with van der Waals surface area (Å²) >= 11 is 0. The Hall–Kier alpha value is -1.83. The number of ketones is 1. The Kier molecular flexibility index (Phi) is 2.91. The van der Waals surface area contributed by atoms with Gasteiger partial charge in [0.2, 0.25) is 5.78 Å². The molecule has 2 nitrogen and oxygen atoms in total. The van der Waals surface area contributed by atoms with Crippen LogP contribution in [0.25, 0.3) is 11.0 Å². The maximum Gasteiger partial charge on any atom is 0.220 e. The van der Waals surface area contributed by atoms with E-state index in [1.165, 1.54) is 0 Å². The molecule has 2 rings (SSSR count). The third-order valence-corrected chi connectivity index (χ3v) is 2.49. The zero-order chi connectivity index (χ0) is 11.5. The van der Waals surface area contributed by atoms with Gasteiger partial charge in [-0.25, -0.2) is 0 Å². The van der Waals surface area contributed by atoms with Gasteiger partial charge in [0.1, 0.15) is 5.58 Å². The van der Waals surface area contributed by atoms with Gasteiger partial charge in [0.25, 0.3) is 0 Å². The van der Waals surface area contributed by atoms with Gasteiger partial charge < -0.3 is 4.42 Å². The molecule has 0 aliphatic carbocycles. The highest BCUT2D eigenvalue weighted by Crippen LogP contribution is 2.22. The highest BCUT2D eigenvalue weighted by Gasteiger charge is 2.10. The lowest BCUT2D eigenvalue weighted by Crippen LogP contribution is -1.89. The van der Waals surface area contributed by atoms with Crippen LogP contribution in [0.1, 0.15) is 29.5 Å². The minimum Gasteiger partial charge on any atom is -0.452 e. The Bertz CT molecular complexity index is 547. The van der Waals surface area contributed by atoms with Crippen LogP contribution in [0, 0.1) is 6.92 Å². The van der Waals surface area contributed by atoms with Gasteiger partial charge in [-0.3, -0.25) is 4.79 Å². The van der Waals surface area contributed by atoms with Crippen molar-refractivity contribution in [2.45, 2.75) is 20.3 Å². The highest BCUT2D eigenvalue weighted by molar-refractivity contribution is 6.05. The molecule has 2 heteroatoms. The van der Waals surface area contributed by atoms with E-state index in [-0.39, 0.29) is 5.78 Å². The maximum atomic E-state index is 11.7. The summed E-state index contributed by atoms with van der Waals surface area (Å²) in [7, 11) is 0. The second-order valence-corrected chi connectivity index (χ2v) is 3.78. The molecule has 0 amide bonds. The Balaban J connectivity index is 2.44. The molecule has 0 unspecified atom stereocenters. The molecule has 82 valence electrons. The van der Waals surface area contributed by atoms with Crippen LogP contribution in [0.3, 0.4) is 0 Å². The molecular weight excluding hydrogens is 200 g/mol. The zero-order valence-electron chi connectivity index (χ0n) is 9.49. The number of carbonyl (C=O) groups excluding carboxylic acids is 1. The van der Waals surface area contributed by atoms with Crippen molar-refractivity contribution < 1.29 is 9.21 Å². The van der Waals surface area contributed by atoms with Gasteiger partial charge in [0, 0.05) is 5.39 Å². The summed E-state index contributed by atoms with van der Waals surface area (Å²) in [6.45, 7) is 3.97. The molecule has 0 aliphatic rings. The van der Waals surface area contributed by atoms with E-state index >= 15 is 0 Å². The van der Waals surface area contributed by atoms with Crippen LogP contribution in [0.5, 0.6) is 0 Å². The fourth-order valence-corrected chi connectivity index (χ4v) is 1.64. The lowest BCUT2D eigenvalue weighted by molar-refractivity contribution is 0.102. The molecule has 0 spiro atoms. The van der Waals surface area contributed by atoms with Crippen LogP contribution in [-0.2, 0) is 0 Å². The lowest BCUT2D eigenvalue weighted by atomic mass is 10.1. The molecular formula is C14H14O2. The molecule has 0 radical (unpaired) electrons. The van der Waals surface area contributed by atoms with Crippen LogP contribution >= 0.6 is 0 Å². The van der Waals surface area contributed by atoms with Gasteiger partial charge in [-0.2, -0.15) is 0 Å². The molecule has 0 aliphatic heterocycles. The number of aryl methyl sites for hydroxylation is 1. The molecule has 1 aromatic heterocycles. The quantitative estimate of drug-likeness (QED) is 0.573. The number of rotatable bonds is 3. The first kappa shape index (κ1) is 10.7. The Morgan fingerprint density at radius 1 is 1.44 bits per heavy atom. The van der Waals surface area contributed by atoms with Crippen molar-refractivity contribution in [3.63, 3.8) is 0 Å². The number of furan rings is 1. The van der Waals surface area contributed by atoms with E-state index < -0.39 is 0 Å². The van der Waals surface area contributed by atoms with Crippen LogP contribution in [0.4, 0.5) is 0 Å². The summed E-state index contributed by atoms with van der Waals surface area (Å²) in [5, 5.41) is 0.980. The minimum atomic E-state index is -0.0718. The average Bonchev–Trinajstić information content (AvgIpc) is 2.71. The second-order valence-electron chi connectivity index (χ2n) is 3.78. The number of allylic oxidation sites excluding steroid dienone is 2. The number of carbonyl (C=O) groups is 1. The van der Waals surface area contributed by atoms with Crippen molar-refractivity contribution in [3.8, 4) is 0 Å². The maximum absolute atomic E-state index is 11.7. The first-order valence-corrected chi connectivity index (χ1v) is 5.42. The zero-order valence-corrected chi connectivity index (χ0v) is 9.49. The van der Waals surface area contributed by atoms with Crippen LogP contribution in [0.15, 0.2) is 40.8 Å². The Morgan fingerprint density at radius 3 is 2.94 bits per heavy atom. The summed E-state index contributed by atoms with van der Waals surface area (Å²) < 4.78 is 5.56. The minimum absolute atomic E-state index is 0.0718. The highest BCUT2D eigenvalue weighted by atomic mass is 16.3. The number of para-hydroxylation sites is 1. The first-order valence-electron chi connectivity index (χ1n) is 5.42. The largest absolute Gasteiger partial charge is 0.452 e. The molecule has 0 N–H and O–H groups in total. The third-order valence-electron chi connectivity index (χ3n) is 2.49. The van der Waals surface area contributed by atoms with Crippen LogP contribution in [0.2, 0.25) is 0 Å². The van der Waals surface area contributed by atoms with Crippen molar-refractivity contribution >= 4 is 16.8 Å². The van der Waals surface area contributed by atoms with Crippen molar-refractivity contribution in [1.82, 2.24) is 0 Å². The van der Waals surface area contributed by atoms with E-state index in [0.29, 0.717) is 5.76 Å². The van der Waals surface area contributed by atoms with Gasteiger partial charge >= 0.3 is 0 Å². The summed E-state index contributed by atoms with van der Waals surface area (Å²) in [4.78, 5) is 11.7. The molecule has 16 heavy (non-hydrogen) atoms. The van der Waals surface area contributed by atoms with Crippen LogP contribution < -0.4 is 0 Å². The van der Waals surface area contributed by atoms with Gasteiger partial charge in [-0.1, -0.05) is 31.2 Å². The van der Waals surface area contributed by atoms with Gasteiger partial charge in [0.05, 0.1) is 0 Å². The number of hydrogen-bond acceptors (Lipinski definition) is 2. The van der Waals surface area contributed by atoms with Gasteiger partial charge in [0.15, 0.2) is 5.76 Å². The number of benzene rings is 1. The Morgan fingerprint density at radius 2 is 2.25 bits per heavy atom. The molecule has 0 bridgehead atoms. The molecule has 0 atom stereocenters. The first-order chi connectivity index (χ1) is 7.72. The van der Waals surface area contributed by atoms with Gasteiger partial charge in [-0.05, 0) is 31.1 Å². The third kappa shape index (κ3) is 1.91. The number of fused-ring (bicyclic) bond motifs is 1. The Labute approximate surface area is 94.6 Å². The van der Waals surface area contributed by atoms with Crippen molar-refractivity contribution in [2.24, 2.45) is 0 Å². The SMILES string of the molecule is CC/C=C/C(=O)c1cc2cccc(C)c2o1. The smallest absolute Gasteiger partial charge is 0.220 e. The standard InChI is InChI=1S/C14H14O2/c1-3-4-8-12(15)13-9-11-7-5-6-10(2)14(11)16-13/h4-9H,3H2,1-2H3/b8-4+. The monoisotopic (exact) mass is 214 g/mol. The van der Waals surface area contributed by atoms with Crippen molar-refractivity contribution in [3.05, 3.63) is 47.7 Å². The van der Waals surface area contributed by atoms with Gasteiger partial charge in [-0.15, -0.1) is 0 Å². The topological polar surface area (TPSA) is 30.2 Å². The molecule has 1 heterocycles. The van der Waals surface area contributed by atoms with E-state index in [4.69, 9.17) is 4.42 Å². The summed E-state index contributed by atoms with van der Waals surface area (Å²) in [6, 6.07) is 7.68. The number of hydrogen-bond donors (Lipinski definition) is 0. The molecule has 2 aromatic rings. The normalized spacial score (nSPS) is 11.4. The molecule has 0 saturated carbocycles. The fraction of sp³-hybridized carbons (Fsp3) is 0.214. The lowest BCUT2D eigenvalue weighted by Gasteiger charge is -1.91. The van der Waals surface area contributed by atoms with E-state index in [1.54, 1.807) is 12.1 Å². The van der Waals surface area contributed by atoms with E-state index in [9.17, 15) is 4.79 Å². The van der Waals surface area contributed by atoms with Crippen LogP contribution in [-0.4, -0.2) is 5.78 Å². The van der Waals surface area contributed by atoms with E-state index in [0.717, 1.165) is 23.0 Å². The van der Waals surface area contributed by atoms with E-state index in [2.05, 4.69) is 0 Å². The predicted molar refractivity (Wildman–Crippen MR) is 64.7 cm³/mol. The molecule has 1 aromatic carbocycles. The van der Waals surface area contributed by atoms with Crippen molar-refractivity contribution in [1.29, 1.82) is 0 Å². The average molecular weight is 214 g/mol. The molecule has 0 fully saturated rings. The second kappa shape index (κ2) is 4.35. The van der Waals surface area contributed by atoms with E-state index in [1.807, 2.05) is 38.1 Å². The molecule has 0 saturated heterocycles. The van der Waals surface area contributed by atoms with Crippen molar-refractivity contribution in [2.75, 3.05) is 0 Å². The predicted octanol–water partition coefficient (Wildman–Crippen LogP) is 3.89.